The summed E-state index contributed by atoms with van der Waals surface area (Å²) in [5.41, 5.74) is 4.20. The van der Waals surface area contributed by atoms with Gasteiger partial charge in [0.05, 0.1) is 17.2 Å². The smallest absolute Gasteiger partial charge is 0.147 e. The van der Waals surface area contributed by atoms with Crippen molar-refractivity contribution < 1.29 is 0 Å². The quantitative estimate of drug-likeness (QED) is 0.427. The molecular formula is C16H10N4. The second-order valence-corrected chi connectivity index (χ2v) is 4.91. The first-order valence-electron chi connectivity index (χ1n) is 6.54. The van der Waals surface area contributed by atoms with Gasteiger partial charge in [0.15, 0.2) is 0 Å². The van der Waals surface area contributed by atoms with Crippen LogP contribution in [0.2, 0.25) is 0 Å². The molecule has 0 fully saturated rings. The van der Waals surface area contributed by atoms with Gasteiger partial charge in [-0.1, -0.05) is 24.3 Å². The third-order valence-corrected chi connectivity index (χ3v) is 3.83. The van der Waals surface area contributed by atoms with Gasteiger partial charge in [-0.15, -0.1) is 0 Å². The van der Waals surface area contributed by atoms with E-state index in [1.54, 1.807) is 0 Å². The summed E-state index contributed by atoms with van der Waals surface area (Å²) in [6.07, 6.45) is 5.80. The molecule has 5 aromatic rings. The van der Waals surface area contributed by atoms with Crippen LogP contribution in [0.1, 0.15) is 0 Å². The molecule has 0 spiro atoms. The van der Waals surface area contributed by atoms with E-state index in [0.717, 1.165) is 22.2 Å². The van der Waals surface area contributed by atoms with E-state index >= 15 is 0 Å². The molecule has 1 aromatic carbocycles. The fourth-order valence-corrected chi connectivity index (χ4v) is 2.98. The zero-order valence-corrected chi connectivity index (χ0v) is 10.6. The average molecular weight is 258 g/mol. The molecule has 0 unspecified atom stereocenters. The first-order valence-corrected chi connectivity index (χ1v) is 6.54. The molecule has 0 N–H and O–H groups in total. The Morgan fingerprint density at radius 2 is 1.80 bits per heavy atom. The van der Waals surface area contributed by atoms with Crippen molar-refractivity contribution in [2.45, 2.75) is 0 Å². The van der Waals surface area contributed by atoms with E-state index in [0.29, 0.717) is 0 Å². The molecule has 4 aromatic heterocycles. The Hall–Kier alpha value is -2.88. The third kappa shape index (κ3) is 1.07. The maximum Gasteiger partial charge on any atom is 0.147 e. The van der Waals surface area contributed by atoms with E-state index in [2.05, 4.69) is 51.0 Å². The minimum atomic E-state index is 0.970. The van der Waals surface area contributed by atoms with Crippen molar-refractivity contribution in [2.75, 3.05) is 0 Å². The zero-order valence-electron chi connectivity index (χ0n) is 10.6. The lowest BCUT2D eigenvalue weighted by Gasteiger charge is -2.05. The number of nitrogens with zero attached hydrogens (tertiary/aromatic N) is 4. The molecule has 20 heavy (non-hydrogen) atoms. The van der Waals surface area contributed by atoms with Crippen LogP contribution in [0, 0.1) is 0 Å². The van der Waals surface area contributed by atoms with Crippen molar-refractivity contribution in [1.82, 2.24) is 19.0 Å². The summed E-state index contributed by atoms with van der Waals surface area (Å²) in [5, 5.41) is 6.88. The number of benzene rings is 1. The van der Waals surface area contributed by atoms with Gasteiger partial charge in [-0.25, -0.2) is 4.52 Å². The van der Waals surface area contributed by atoms with E-state index in [-0.39, 0.29) is 0 Å². The number of fused-ring (bicyclic) bond motifs is 8. The van der Waals surface area contributed by atoms with E-state index < -0.39 is 0 Å². The molecule has 94 valence electrons. The largest absolute Gasteiger partial charge is 0.298 e. The number of rotatable bonds is 0. The van der Waals surface area contributed by atoms with Crippen molar-refractivity contribution in [3.8, 4) is 0 Å². The van der Waals surface area contributed by atoms with Crippen LogP contribution in [0.3, 0.4) is 0 Å². The highest BCUT2D eigenvalue weighted by molar-refractivity contribution is 6.02. The Morgan fingerprint density at radius 1 is 0.850 bits per heavy atom. The lowest BCUT2D eigenvalue weighted by atomic mass is 10.2. The molecule has 0 bridgehead atoms. The van der Waals surface area contributed by atoms with E-state index in [4.69, 9.17) is 0 Å². The predicted molar refractivity (Wildman–Crippen MR) is 79.0 cm³/mol. The number of hydrogen-bond donors (Lipinski definition) is 0. The minimum Gasteiger partial charge on any atom is -0.298 e. The van der Waals surface area contributed by atoms with Crippen molar-refractivity contribution in [3.63, 3.8) is 0 Å². The van der Waals surface area contributed by atoms with Gasteiger partial charge in [0.2, 0.25) is 0 Å². The van der Waals surface area contributed by atoms with Gasteiger partial charge < -0.3 is 0 Å². The molecule has 4 nitrogen and oxygen atoms in total. The predicted octanol–water partition coefficient (Wildman–Crippen LogP) is 3.29. The first-order chi connectivity index (χ1) is 9.93. The summed E-state index contributed by atoms with van der Waals surface area (Å²) in [5.74, 6) is 0. The molecule has 0 aliphatic rings. The van der Waals surface area contributed by atoms with Gasteiger partial charge in [-0.3, -0.25) is 9.38 Å². The van der Waals surface area contributed by atoms with Crippen LogP contribution >= 0.6 is 0 Å². The second-order valence-electron chi connectivity index (χ2n) is 4.91. The van der Waals surface area contributed by atoms with E-state index in [1.165, 1.54) is 10.8 Å². The Kier molecular flexibility index (Phi) is 1.68. The lowest BCUT2D eigenvalue weighted by Crippen LogP contribution is -1.98. The highest BCUT2D eigenvalue weighted by Crippen LogP contribution is 2.27. The molecule has 0 amide bonds. The summed E-state index contributed by atoms with van der Waals surface area (Å²) in [6, 6.07) is 14.5. The summed E-state index contributed by atoms with van der Waals surface area (Å²) < 4.78 is 4.14. The Morgan fingerprint density at radius 3 is 2.80 bits per heavy atom. The van der Waals surface area contributed by atoms with Crippen LogP contribution in [0.5, 0.6) is 0 Å². The Bertz CT molecular complexity index is 1100. The van der Waals surface area contributed by atoms with Crippen molar-refractivity contribution in [2.24, 2.45) is 0 Å². The maximum absolute atomic E-state index is 4.52. The molecule has 0 saturated carbocycles. The first kappa shape index (κ1) is 9.97. The molecule has 4 heterocycles. The molecule has 0 atom stereocenters. The summed E-state index contributed by atoms with van der Waals surface area (Å²) in [6.45, 7) is 0. The van der Waals surface area contributed by atoms with E-state index in [1.807, 2.05) is 29.0 Å². The van der Waals surface area contributed by atoms with E-state index in [9.17, 15) is 0 Å². The monoisotopic (exact) mass is 258 g/mol. The summed E-state index contributed by atoms with van der Waals surface area (Å²) >= 11 is 0. The van der Waals surface area contributed by atoms with Crippen LogP contribution in [0.25, 0.3) is 33.0 Å². The number of aromatic nitrogens is 4. The highest BCUT2D eigenvalue weighted by atomic mass is 15.3. The molecule has 4 heteroatoms. The highest BCUT2D eigenvalue weighted by Gasteiger charge is 2.12. The maximum atomic E-state index is 4.52. The average Bonchev–Trinajstić information content (AvgIpc) is 3.11. The van der Waals surface area contributed by atoms with Crippen LogP contribution in [0.15, 0.2) is 61.1 Å². The van der Waals surface area contributed by atoms with Gasteiger partial charge in [0.1, 0.15) is 11.2 Å². The standard InChI is InChI=1S/C16H10N4/c1-2-5-12-11(4-1)10-19-13-6-3-8-17-15(13)14-7-9-18-20(14)16(12)19/h1-10H. The minimum absolute atomic E-state index is 0.970. The van der Waals surface area contributed by atoms with Crippen LogP contribution in [0.4, 0.5) is 0 Å². The zero-order chi connectivity index (χ0) is 13.1. The molecule has 0 radical (unpaired) electrons. The molecular weight excluding hydrogens is 248 g/mol. The van der Waals surface area contributed by atoms with Crippen molar-refractivity contribution in [3.05, 3.63) is 61.1 Å². The Balaban J connectivity index is 2.26. The number of pyridine rings is 1. The summed E-state index contributed by atoms with van der Waals surface area (Å²) in [4.78, 5) is 4.52. The second kappa shape index (κ2) is 3.36. The van der Waals surface area contributed by atoms with Gasteiger partial charge >= 0.3 is 0 Å². The van der Waals surface area contributed by atoms with Crippen molar-refractivity contribution >= 4 is 33.0 Å². The molecule has 0 aliphatic heterocycles. The molecule has 5 rings (SSSR count). The third-order valence-electron chi connectivity index (χ3n) is 3.83. The fourth-order valence-electron chi connectivity index (χ4n) is 2.98. The molecule has 0 saturated heterocycles. The SMILES string of the molecule is c1ccc2c(c1)cn1c3cccnc3c3ccnn3c21. The fraction of sp³-hybridized carbons (Fsp3) is 0. The van der Waals surface area contributed by atoms with Crippen LogP contribution < -0.4 is 0 Å². The van der Waals surface area contributed by atoms with Gasteiger partial charge in [-0.2, -0.15) is 5.10 Å². The normalized spacial score (nSPS) is 12.0. The lowest BCUT2D eigenvalue weighted by molar-refractivity contribution is 0.970. The van der Waals surface area contributed by atoms with Gasteiger partial charge in [-0.05, 0) is 18.2 Å². The van der Waals surface area contributed by atoms with Crippen LogP contribution in [-0.4, -0.2) is 19.0 Å². The van der Waals surface area contributed by atoms with Gasteiger partial charge in [0, 0.05) is 23.2 Å². The number of hydrogen-bond acceptors (Lipinski definition) is 2. The van der Waals surface area contributed by atoms with Crippen LogP contribution in [-0.2, 0) is 0 Å². The Labute approximate surface area is 113 Å². The van der Waals surface area contributed by atoms with Crippen molar-refractivity contribution in [1.29, 1.82) is 0 Å². The topological polar surface area (TPSA) is 34.6 Å². The van der Waals surface area contributed by atoms with Gasteiger partial charge in [0.25, 0.3) is 0 Å². The molecule has 0 aliphatic carbocycles. The summed E-state index contributed by atoms with van der Waals surface area (Å²) in [7, 11) is 0.